The standard InChI is InChI=1S/C29H28F4N6O4/c30-21-14-18(29(31,32)33)2-1-17(21)13-24-34-9-5-26(37-24)43-19-6-10-38(11-7-19)16-25-35-22-3-4-23(28(40)41)36-27(22)39(25)15-20-8-12-42-20/h1-5,9,14,19-20H,6-8,10-13,15-16H2,(H,40,41). The van der Waals surface area contributed by atoms with Crippen LogP contribution in [0.25, 0.3) is 11.2 Å². The van der Waals surface area contributed by atoms with Crippen molar-refractivity contribution in [2.75, 3.05) is 19.7 Å². The van der Waals surface area contributed by atoms with E-state index in [4.69, 9.17) is 14.5 Å². The van der Waals surface area contributed by atoms with Crippen molar-refractivity contribution >= 4 is 17.1 Å². The molecule has 43 heavy (non-hydrogen) atoms. The van der Waals surface area contributed by atoms with Gasteiger partial charge in [-0.05, 0) is 49.1 Å². The molecule has 1 N–H and O–H groups in total. The first-order chi connectivity index (χ1) is 20.6. The molecule has 3 aromatic heterocycles. The van der Waals surface area contributed by atoms with Gasteiger partial charge in [-0.2, -0.15) is 18.2 Å². The van der Waals surface area contributed by atoms with Gasteiger partial charge in [0, 0.05) is 38.4 Å². The number of aromatic nitrogens is 5. The highest BCUT2D eigenvalue weighted by atomic mass is 19.4. The fourth-order valence-corrected chi connectivity index (χ4v) is 5.24. The van der Waals surface area contributed by atoms with E-state index in [9.17, 15) is 27.5 Å². The second-order valence-electron chi connectivity index (χ2n) is 10.6. The van der Waals surface area contributed by atoms with Crippen molar-refractivity contribution in [2.24, 2.45) is 0 Å². The minimum Gasteiger partial charge on any atom is -0.477 e. The highest BCUT2D eigenvalue weighted by Crippen LogP contribution is 2.31. The molecule has 1 unspecified atom stereocenters. The number of halogens is 4. The van der Waals surface area contributed by atoms with Crippen LogP contribution in [0.2, 0.25) is 0 Å². The third kappa shape index (κ3) is 6.59. The van der Waals surface area contributed by atoms with Crippen molar-refractivity contribution in [3.63, 3.8) is 0 Å². The van der Waals surface area contributed by atoms with Crippen LogP contribution < -0.4 is 4.74 Å². The minimum absolute atomic E-state index is 0.0370. The van der Waals surface area contributed by atoms with Gasteiger partial charge in [0.25, 0.3) is 0 Å². The lowest BCUT2D eigenvalue weighted by atomic mass is 10.1. The Kier molecular flexibility index (Phi) is 7.97. The molecule has 6 rings (SSSR count). The lowest BCUT2D eigenvalue weighted by Crippen LogP contribution is -2.39. The Morgan fingerprint density at radius 1 is 1.07 bits per heavy atom. The monoisotopic (exact) mass is 600 g/mol. The zero-order valence-corrected chi connectivity index (χ0v) is 22.9. The van der Waals surface area contributed by atoms with Crippen LogP contribution in [0.1, 0.15) is 52.5 Å². The summed E-state index contributed by atoms with van der Waals surface area (Å²) in [6.45, 7) is 3.24. The molecule has 226 valence electrons. The van der Waals surface area contributed by atoms with E-state index in [1.165, 1.54) is 12.3 Å². The number of alkyl halides is 3. The van der Waals surface area contributed by atoms with Crippen LogP contribution in [-0.4, -0.2) is 72.4 Å². The number of fused-ring (bicyclic) bond motifs is 1. The number of hydrogen-bond acceptors (Lipinski definition) is 8. The summed E-state index contributed by atoms with van der Waals surface area (Å²) < 4.78 is 66.5. The molecule has 0 amide bonds. The maximum absolute atomic E-state index is 14.3. The van der Waals surface area contributed by atoms with Crippen molar-refractivity contribution in [3.8, 4) is 5.88 Å². The molecule has 0 aliphatic carbocycles. The van der Waals surface area contributed by atoms with Crippen molar-refractivity contribution in [3.05, 3.63) is 76.9 Å². The molecule has 0 saturated carbocycles. The lowest BCUT2D eigenvalue weighted by Gasteiger charge is -2.32. The molecule has 0 bridgehead atoms. The molecule has 0 spiro atoms. The molecule has 14 heteroatoms. The first-order valence-corrected chi connectivity index (χ1v) is 13.9. The van der Waals surface area contributed by atoms with Crippen molar-refractivity contribution in [1.29, 1.82) is 0 Å². The summed E-state index contributed by atoms with van der Waals surface area (Å²) in [4.78, 5) is 31.3. The number of imidazole rings is 1. The van der Waals surface area contributed by atoms with E-state index < -0.39 is 23.5 Å². The number of ether oxygens (including phenoxy) is 2. The summed E-state index contributed by atoms with van der Waals surface area (Å²) in [5, 5.41) is 9.40. The van der Waals surface area contributed by atoms with Crippen LogP contribution in [0.5, 0.6) is 5.88 Å². The number of carboxylic acid groups (broad SMARTS) is 1. The molecule has 10 nitrogen and oxygen atoms in total. The number of likely N-dealkylation sites (tertiary alicyclic amines) is 1. The van der Waals surface area contributed by atoms with Crippen molar-refractivity contribution in [1.82, 2.24) is 29.4 Å². The van der Waals surface area contributed by atoms with Gasteiger partial charge in [0.1, 0.15) is 29.1 Å². The van der Waals surface area contributed by atoms with Crippen LogP contribution >= 0.6 is 0 Å². The maximum atomic E-state index is 14.3. The number of benzene rings is 1. The average molecular weight is 601 g/mol. The number of piperidine rings is 1. The highest BCUT2D eigenvalue weighted by molar-refractivity contribution is 5.88. The second kappa shape index (κ2) is 11.8. The van der Waals surface area contributed by atoms with Crippen LogP contribution in [0.15, 0.2) is 42.6 Å². The predicted octanol–water partition coefficient (Wildman–Crippen LogP) is 4.50. The number of carbonyl (C=O) groups is 1. The molecule has 4 aromatic rings. The van der Waals surface area contributed by atoms with E-state index in [0.717, 1.165) is 37.5 Å². The van der Waals surface area contributed by atoms with E-state index in [1.54, 1.807) is 12.1 Å². The van der Waals surface area contributed by atoms with Gasteiger partial charge in [0.05, 0.1) is 24.8 Å². The topological polar surface area (TPSA) is 115 Å². The maximum Gasteiger partial charge on any atom is 0.416 e. The lowest BCUT2D eigenvalue weighted by molar-refractivity contribution is -0.137. The first-order valence-electron chi connectivity index (χ1n) is 13.9. The van der Waals surface area contributed by atoms with E-state index in [0.29, 0.717) is 55.6 Å². The van der Waals surface area contributed by atoms with Crippen molar-refractivity contribution < 1.29 is 36.9 Å². The van der Waals surface area contributed by atoms with Gasteiger partial charge in [-0.25, -0.2) is 24.1 Å². The Morgan fingerprint density at radius 3 is 2.53 bits per heavy atom. The summed E-state index contributed by atoms with van der Waals surface area (Å²) in [7, 11) is 0. The van der Waals surface area contributed by atoms with Gasteiger partial charge in [-0.3, -0.25) is 4.90 Å². The van der Waals surface area contributed by atoms with Crippen LogP contribution in [-0.2, 0) is 30.4 Å². The summed E-state index contributed by atoms with van der Waals surface area (Å²) in [5.74, 6) is -0.721. The SMILES string of the molecule is O=C(O)c1ccc2nc(CN3CCC(Oc4ccnc(Cc5ccc(C(F)(F)F)cc5F)n4)CC3)n(CC3CCO3)c2n1. The van der Waals surface area contributed by atoms with E-state index in [1.807, 2.05) is 4.57 Å². The molecule has 0 radical (unpaired) electrons. The number of carboxylic acids is 1. The Labute approximate surface area is 243 Å². The fourth-order valence-electron chi connectivity index (χ4n) is 5.24. The fraction of sp³-hybridized carbons (Fsp3) is 0.414. The molecule has 2 aliphatic rings. The molecule has 1 aromatic carbocycles. The highest BCUT2D eigenvalue weighted by Gasteiger charge is 2.31. The molecule has 2 aliphatic heterocycles. The van der Waals surface area contributed by atoms with Gasteiger partial charge in [0.15, 0.2) is 11.3 Å². The summed E-state index contributed by atoms with van der Waals surface area (Å²) in [6, 6.07) is 7.14. The van der Waals surface area contributed by atoms with Gasteiger partial charge in [0.2, 0.25) is 5.88 Å². The Morgan fingerprint density at radius 2 is 1.86 bits per heavy atom. The molecular formula is C29H28F4N6O4. The van der Waals surface area contributed by atoms with E-state index >= 15 is 0 Å². The first kappa shape index (κ1) is 28.9. The number of hydrogen-bond donors (Lipinski definition) is 1. The largest absolute Gasteiger partial charge is 0.477 e. The molecule has 1 atom stereocenters. The summed E-state index contributed by atoms with van der Waals surface area (Å²) >= 11 is 0. The summed E-state index contributed by atoms with van der Waals surface area (Å²) in [5.41, 5.74) is 0.132. The molecule has 2 saturated heterocycles. The van der Waals surface area contributed by atoms with E-state index in [-0.39, 0.29) is 35.7 Å². The Balaban J connectivity index is 1.08. The predicted molar refractivity (Wildman–Crippen MR) is 144 cm³/mol. The number of nitrogens with zero attached hydrogens (tertiary/aromatic N) is 6. The zero-order chi connectivity index (χ0) is 30.1. The van der Waals surface area contributed by atoms with Gasteiger partial charge < -0.3 is 19.1 Å². The van der Waals surface area contributed by atoms with Crippen LogP contribution in [0, 0.1) is 5.82 Å². The smallest absolute Gasteiger partial charge is 0.416 e. The summed E-state index contributed by atoms with van der Waals surface area (Å²) in [6.07, 6.45) is -0.958. The quantitative estimate of drug-likeness (QED) is 0.277. The normalized spacial score (nSPS) is 18.1. The Bertz CT molecular complexity index is 1630. The number of pyridine rings is 1. The number of rotatable bonds is 9. The third-order valence-electron chi connectivity index (χ3n) is 7.67. The van der Waals surface area contributed by atoms with Crippen molar-refractivity contribution in [2.45, 2.75) is 57.2 Å². The van der Waals surface area contributed by atoms with Gasteiger partial charge in [-0.15, -0.1) is 0 Å². The number of aromatic carboxylic acids is 1. The second-order valence-corrected chi connectivity index (χ2v) is 10.6. The average Bonchev–Trinajstić information content (AvgIpc) is 3.28. The minimum atomic E-state index is -4.62. The van der Waals surface area contributed by atoms with Crippen LogP contribution in [0.4, 0.5) is 17.6 Å². The van der Waals surface area contributed by atoms with E-state index in [2.05, 4.69) is 19.9 Å². The molecule has 2 fully saturated rings. The molecular weight excluding hydrogens is 572 g/mol. The van der Waals surface area contributed by atoms with Crippen LogP contribution in [0.3, 0.4) is 0 Å². The molecule has 5 heterocycles. The Hall–Kier alpha value is -4.17. The van der Waals surface area contributed by atoms with Gasteiger partial charge in [-0.1, -0.05) is 6.07 Å². The third-order valence-corrected chi connectivity index (χ3v) is 7.67. The zero-order valence-electron chi connectivity index (χ0n) is 22.9. The van der Waals surface area contributed by atoms with Gasteiger partial charge >= 0.3 is 12.1 Å².